The van der Waals surface area contributed by atoms with Crippen LogP contribution in [0.25, 0.3) is 0 Å². The molecular formula is C15H20FN3. The van der Waals surface area contributed by atoms with Crippen LogP contribution in [0, 0.1) is 17.1 Å². The van der Waals surface area contributed by atoms with Gasteiger partial charge in [0.2, 0.25) is 0 Å². The molecule has 1 saturated carbocycles. The number of rotatable bonds is 7. The lowest BCUT2D eigenvalue weighted by atomic mass is 10.1. The fraction of sp³-hybridized carbons (Fsp3) is 0.533. The second-order valence-electron chi connectivity index (χ2n) is 4.95. The third-order valence-corrected chi connectivity index (χ3v) is 3.54. The molecule has 0 atom stereocenters. The lowest BCUT2D eigenvalue weighted by molar-refractivity contribution is 0.276. The van der Waals surface area contributed by atoms with E-state index in [1.807, 2.05) is 6.07 Å². The zero-order chi connectivity index (χ0) is 13.7. The second-order valence-corrected chi connectivity index (χ2v) is 4.95. The highest BCUT2D eigenvalue weighted by Gasteiger charge is 2.26. The molecule has 0 radical (unpaired) electrons. The molecule has 0 bridgehead atoms. The summed E-state index contributed by atoms with van der Waals surface area (Å²) >= 11 is 0. The molecule has 0 spiro atoms. The summed E-state index contributed by atoms with van der Waals surface area (Å²) in [5, 5.41) is 12.0. The smallest absolute Gasteiger partial charge is 0.127 e. The van der Waals surface area contributed by atoms with E-state index in [1.54, 1.807) is 6.07 Å². The van der Waals surface area contributed by atoms with Gasteiger partial charge in [0.25, 0.3) is 0 Å². The molecule has 102 valence electrons. The van der Waals surface area contributed by atoms with Crippen molar-refractivity contribution in [2.24, 2.45) is 0 Å². The SMILES string of the molecule is CCN(CCNCc1cc(C#N)ccc1F)C1CC1. The summed E-state index contributed by atoms with van der Waals surface area (Å²) in [6.45, 7) is 5.57. The zero-order valence-corrected chi connectivity index (χ0v) is 11.3. The average molecular weight is 261 g/mol. The van der Waals surface area contributed by atoms with Crippen LogP contribution in [0.5, 0.6) is 0 Å². The molecule has 1 aromatic rings. The van der Waals surface area contributed by atoms with E-state index in [1.165, 1.54) is 25.0 Å². The number of likely N-dealkylation sites (N-methyl/N-ethyl adjacent to an activating group) is 1. The summed E-state index contributed by atoms with van der Waals surface area (Å²) in [5.41, 5.74) is 1.07. The van der Waals surface area contributed by atoms with Crippen molar-refractivity contribution >= 4 is 0 Å². The second kappa shape index (κ2) is 6.65. The quantitative estimate of drug-likeness (QED) is 0.765. The number of hydrogen-bond donors (Lipinski definition) is 1. The fourth-order valence-corrected chi connectivity index (χ4v) is 2.26. The Morgan fingerprint density at radius 2 is 2.26 bits per heavy atom. The molecule has 4 heteroatoms. The largest absolute Gasteiger partial charge is 0.311 e. The Labute approximate surface area is 114 Å². The van der Waals surface area contributed by atoms with E-state index in [-0.39, 0.29) is 5.82 Å². The third-order valence-electron chi connectivity index (χ3n) is 3.54. The topological polar surface area (TPSA) is 39.1 Å². The monoisotopic (exact) mass is 261 g/mol. The average Bonchev–Trinajstić information content (AvgIpc) is 3.25. The summed E-state index contributed by atoms with van der Waals surface area (Å²) in [6.07, 6.45) is 2.62. The number of nitrogens with one attached hydrogen (secondary N) is 1. The first-order valence-corrected chi connectivity index (χ1v) is 6.88. The Balaban J connectivity index is 1.77. The maximum atomic E-state index is 13.5. The summed E-state index contributed by atoms with van der Waals surface area (Å²) < 4.78 is 13.5. The van der Waals surface area contributed by atoms with Crippen molar-refractivity contribution in [3.8, 4) is 6.07 Å². The van der Waals surface area contributed by atoms with Crippen LogP contribution >= 0.6 is 0 Å². The predicted molar refractivity (Wildman–Crippen MR) is 73.1 cm³/mol. The van der Waals surface area contributed by atoms with E-state index in [9.17, 15) is 4.39 Å². The summed E-state index contributed by atoms with van der Waals surface area (Å²) in [7, 11) is 0. The molecule has 0 aliphatic heterocycles. The van der Waals surface area contributed by atoms with Gasteiger partial charge in [-0.05, 0) is 37.6 Å². The minimum Gasteiger partial charge on any atom is -0.311 e. The highest BCUT2D eigenvalue weighted by atomic mass is 19.1. The maximum absolute atomic E-state index is 13.5. The van der Waals surface area contributed by atoms with Crippen LogP contribution in [0.3, 0.4) is 0 Å². The summed E-state index contributed by atoms with van der Waals surface area (Å²) in [5.74, 6) is -0.249. The minimum atomic E-state index is -0.249. The highest BCUT2D eigenvalue weighted by Crippen LogP contribution is 2.25. The van der Waals surface area contributed by atoms with Gasteiger partial charge in [-0.25, -0.2) is 4.39 Å². The molecule has 3 nitrogen and oxygen atoms in total. The molecule has 1 N–H and O–H groups in total. The van der Waals surface area contributed by atoms with Crippen LogP contribution in [-0.4, -0.2) is 30.6 Å². The first-order valence-electron chi connectivity index (χ1n) is 6.88. The molecule has 0 saturated heterocycles. The standard InChI is InChI=1S/C15H20FN3/c1-2-19(14-4-5-14)8-7-18-11-13-9-12(10-17)3-6-15(13)16/h3,6,9,14,18H,2,4-5,7-8,11H2,1H3. The van der Waals surface area contributed by atoms with Gasteiger partial charge in [-0.1, -0.05) is 6.92 Å². The normalized spacial score (nSPS) is 14.6. The van der Waals surface area contributed by atoms with E-state index in [4.69, 9.17) is 5.26 Å². The third kappa shape index (κ3) is 4.02. The van der Waals surface area contributed by atoms with Gasteiger partial charge >= 0.3 is 0 Å². The molecule has 0 heterocycles. The molecule has 1 fully saturated rings. The fourth-order valence-electron chi connectivity index (χ4n) is 2.26. The van der Waals surface area contributed by atoms with Gasteiger partial charge in [0, 0.05) is 31.2 Å². The summed E-state index contributed by atoms with van der Waals surface area (Å²) in [6, 6.07) is 7.28. The molecule has 1 aliphatic carbocycles. The van der Waals surface area contributed by atoms with Gasteiger partial charge in [0.05, 0.1) is 11.6 Å². The van der Waals surface area contributed by atoms with Gasteiger partial charge in [0.1, 0.15) is 5.82 Å². The van der Waals surface area contributed by atoms with Crippen molar-refractivity contribution in [3.05, 3.63) is 35.1 Å². The van der Waals surface area contributed by atoms with Crippen LogP contribution in [0.1, 0.15) is 30.9 Å². The number of nitriles is 1. The molecule has 0 unspecified atom stereocenters. The van der Waals surface area contributed by atoms with Crippen molar-refractivity contribution in [3.63, 3.8) is 0 Å². The van der Waals surface area contributed by atoms with Crippen LogP contribution in [0.4, 0.5) is 4.39 Å². The van der Waals surface area contributed by atoms with Gasteiger partial charge < -0.3 is 5.32 Å². The number of hydrogen-bond acceptors (Lipinski definition) is 3. The van der Waals surface area contributed by atoms with E-state index < -0.39 is 0 Å². The van der Waals surface area contributed by atoms with Crippen molar-refractivity contribution in [2.75, 3.05) is 19.6 Å². The predicted octanol–water partition coefficient (Wildman–Crippen LogP) is 2.27. The Morgan fingerprint density at radius 1 is 1.47 bits per heavy atom. The molecular weight excluding hydrogens is 241 g/mol. The lowest BCUT2D eigenvalue weighted by Crippen LogP contribution is -2.33. The molecule has 1 aromatic carbocycles. The van der Waals surface area contributed by atoms with Crippen LogP contribution in [0.15, 0.2) is 18.2 Å². The van der Waals surface area contributed by atoms with Gasteiger partial charge in [-0.2, -0.15) is 5.26 Å². The van der Waals surface area contributed by atoms with Crippen molar-refractivity contribution in [1.29, 1.82) is 5.26 Å². The Bertz CT molecular complexity index is 463. The molecule has 19 heavy (non-hydrogen) atoms. The maximum Gasteiger partial charge on any atom is 0.127 e. The Hall–Kier alpha value is -1.44. The highest BCUT2D eigenvalue weighted by molar-refractivity contribution is 5.33. The van der Waals surface area contributed by atoms with Crippen molar-refractivity contribution in [2.45, 2.75) is 32.4 Å². The van der Waals surface area contributed by atoms with E-state index in [2.05, 4.69) is 17.1 Å². The van der Waals surface area contributed by atoms with Crippen molar-refractivity contribution < 1.29 is 4.39 Å². The number of nitrogens with zero attached hydrogens (tertiary/aromatic N) is 2. The van der Waals surface area contributed by atoms with Gasteiger partial charge in [-0.15, -0.1) is 0 Å². The van der Waals surface area contributed by atoms with Crippen LogP contribution < -0.4 is 5.32 Å². The Kier molecular flexibility index (Phi) is 4.89. The summed E-state index contributed by atoms with van der Waals surface area (Å²) in [4.78, 5) is 2.45. The van der Waals surface area contributed by atoms with Crippen LogP contribution in [0.2, 0.25) is 0 Å². The molecule has 2 rings (SSSR count). The Morgan fingerprint density at radius 3 is 2.89 bits per heavy atom. The first kappa shape index (κ1) is 14.0. The molecule has 0 amide bonds. The number of halogens is 1. The van der Waals surface area contributed by atoms with Gasteiger partial charge in [-0.3, -0.25) is 4.90 Å². The molecule has 0 aromatic heterocycles. The first-order chi connectivity index (χ1) is 9.24. The van der Waals surface area contributed by atoms with E-state index in [0.717, 1.165) is 25.7 Å². The van der Waals surface area contributed by atoms with Crippen LogP contribution in [-0.2, 0) is 6.54 Å². The van der Waals surface area contributed by atoms with Crippen molar-refractivity contribution in [1.82, 2.24) is 10.2 Å². The molecule has 1 aliphatic rings. The van der Waals surface area contributed by atoms with E-state index in [0.29, 0.717) is 17.7 Å². The minimum absolute atomic E-state index is 0.249. The van der Waals surface area contributed by atoms with Gasteiger partial charge in [0.15, 0.2) is 0 Å². The zero-order valence-electron chi connectivity index (χ0n) is 11.3. The lowest BCUT2D eigenvalue weighted by Gasteiger charge is -2.19. The van der Waals surface area contributed by atoms with E-state index >= 15 is 0 Å². The number of benzene rings is 1.